The largest absolute Gasteiger partial charge is 0.388 e. The number of aliphatic hydroxyl groups excluding tert-OH is 1. The van der Waals surface area contributed by atoms with Crippen LogP contribution in [0.5, 0.6) is 0 Å². The molecule has 0 aliphatic carbocycles. The molecule has 0 saturated carbocycles. The second-order valence-electron chi connectivity index (χ2n) is 3.96. The van der Waals surface area contributed by atoms with E-state index in [2.05, 4.69) is 29.8 Å². The summed E-state index contributed by atoms with van der Waals surface area (Å²) in [7, 11) is 0. The molecule has 0 radical (unpaired) electrons. The summed E-state index contributed by atoms with van der Waals surface area (Å²) in [5, 5.41) is 10.1. The van der Waals surface area contributed by atoms with Crippen LogP contribution in [0.25, 0.3) is 0 Å². The van der Waals surface area contributed by atoms with Crippen LogP contribution in [-0.4, -0.2) is 5.11 Å². The summed E-state index contributed by atoms with van der Waals surface area (Å²) in [5.41, 5.74) is 1.00. The average molecular weight is 271 g/mol. The van der Waals surface area contributed by atoms with E-state index in [1.807, 2.05) is 24.3 Å². The lowest BCUT2D eigenvalue weighted by Crippen LogP contribution is -2.06. The topological polar surface area (TPSA) is 20.2 Å². The fourth-order valence-electron chi connectivity index (χ4n) is 1.81. The molecule has 1 N–H and O–H groups in total. The summed E-state index contributed by atoms with van der Waals surface area (Å²) >= 11 is 3.47. The van der Waals surface area contributed by atoms with Gasteiger partial charge in [-0.15, -0.1) is 0 Å². The highest BCUT2D eigenvalue weighted by molar-refractivity contribution is 9.10. The Kier molecular flexibility index (Phi) is 5.34. The average Bonchev–Trinajstić information content (AvgIpc) is 2.26. The second kappa shape index (κ2) is 6.29. The molecule has 0 aliphatic rings. The van der Waals surface area contributed by atoms with E-state index in [0.717, 1.165) is 29.3 Å². The molecule has 0 heterocycles. The van der Waals surface area contributed by atoms with Crippen molar-refractivity contribution in [1.82, 2.24) is 0 Å². The second-order valence-corrected chi connectivity index (χ2v) is 4.81. The van der Waals surface area contributed by atoms with Crippen molar-refractivity contribution in [1.29, 1.82) is 0 Å². The highest BCUT2D eigenvalue weighted by Gasteiger charge is 2.15. The number of hydrogen-bond donors (Lipinski definition) is 1. The molecule has 1 nitrogen and oxygen atoms in total. The normalized spacial score (nSPS) is 13.1. The fourth-order valence-corrected chi connectivity index (χ4v) is 2.36. The van der Waals surface area contributed by atoms with Crippen LogP contribution < -0.4 is 0 Å². The number of benzene rings is 1. The molecular formula is C13H19BrO. The lowest BCUT2D eigenvalue weighted by atomic mass is 9.93. The molecule has 1 unspecified atom stereocenters. The van der Waals surface area contributed by atoms with E-state index in [1.165, 1.54) is 0 Å². The predicted molar refractivity (Wildman–Crippen MR) is 67.8 cm³/mol. The Morgan fingerprint density at radius 1 is 1.20 bits per heavy atom. The number of halogens is 1. The molecule has 1 rings (SSSR count). The van der Waals surface area contributed by atoms with Gasteiger partial charge >= 0.3 is 0 Å². The van der Waals surface area contributed by atoms with Gasteiger partial charge in [-0.05, 0) is 24.0 Å². The Bertz CT molecular complexity index is 294. The van der Waals surface area contributed by atoms with Gasteiger partial charge in [0.05, 0.1) is 6.10 Å². The van der Waals surface area contributed by atoms with Crippen LogP contribution in [0.15, 0.2) is 28.7 Å². The van der Waals surface area contributed by atoms with Crippen molar-refractivity contribution in [2.75, 3.05) is 0 Å². The maximum Gasteiger partial charge on any atom is 0.0803 e. The molecule has 1 aromatic rings. The van der Waals surface area contributed by atoms with Crippen molar-refractivity contribution < 1.29 is 5.11 Å². The predicted octanol–water partition coefficient (Wildman–Crippen LogP) is 4.31. The number of rotatable bonds is 5. The Balaban J connectivity index is 2.68. The van der Waals surface area contributed by atoms with Gasteiger partial charge in [-0.1, -0.05) is 60.8 Å². The Morgan fingerprint density at radius 3 is 2.33 bits per heavy atom. The zero-order valence-corrected chi connectivity index (χ0v) is 11.0. The standard InChI is InChI=1S/C13H19BrO/c1-3-10(4-2)9-13(15)11-7-5-6-8-12(11)14/h5-8,10,13,15H,3-4,9H2,1-2H3. The molecule has 0 fully saturated rings. The third-order valence-electron chi connectivity index (χ3n) is 2.98. The van der Waals surface area contributed by atoms with Gasteiger partial charge < -0.3 is 5.11 Å². The van der Waals surface area contributed by atoms with Crippen molar-refractivity contribution >= 4 is 15.9 Å². The van der Waals surface area contributed by atoms with Crippen molar-refractivity contribution in [2.45, 2.75) is 39.2 Å². The molecule has 1 atom stereocenters. The summed E-state index contributed by atoms with van der Waals surface area (Å²) in [6, 6.07) is 7.90. The van der Waals surface area contributed by atoms with Crippen molar-refractivity contribution in [3.63, 3.8) is 0 Å². The maximum atomic E-state index is 10.1. The lowest BCUT2D eigenvalue weighted by molar-refractivity contribution is 0.140. The highest BCUT2D eigenvalue weighted by atomic mass is 79.9. The summed E-state index contributed by atoms with van der Waals surface area (Å²) in [6.45, 7) is 4.36. The summed E-state index contributed by atoms with van der Waals surface area (Å²) in [4.78, 5) is 0. The van der Waals surface area contributed by atoms with Crippen LogP contribution in [0.4, 0.5) is 0 Å². The van der Waals surface area contributed by atoms with Crippen LogP contribution in [0.2, 0.25) is 0 Å². The van der Waals surface area contributed by atoms with Crippen molar-refractivity contribution in [3.05, 3.63) is 34.3 Å². The molecule has 0 aliphatic heterocycles. The Morgan fingerprint density at radius 2 is 1.80 bits per heavy atom. The minimum absolute atomic E-state index is 0.342. The number of hydrogen-bond acceptors (Lipinski definition) is 1. The van der Waals surface area contributed by atoms with Crippen LogP contribution in [0.3, 0.4) is 0 Å². The smallest absolute Gasteiger partial charge is 0.0803 e. The molecule has 2 heteroatoms. The first-order valence-electron chi connectivity index (χ1n) is 5.61. The van der Waals surface area contributed by atoms with Crippen LogP contribution in [0.1, 0.15) is 44.8 Å². The van der Waals surface area contributed by atoms with Gasteiger partial charge in [-0.25, -0.2) is 0 Å². The van der Waals surface area contributed by atoms with E-state index in [-0.39, 0.29) is 6.10 Å². The highest BCUT2D eigenvalue weighted by Crippen LogP contribution is 2.29. The monoisotopic (exact) mass is 270 g/mol. The Labute approximate surface area is 101 Å². The van der Waals surface area contributed by atoms with E-state index >= 15 is 0 Å². The minimum Gasteiger partial charge on any atom is -0.388 e. The van der Waals surface area contributed by atoms with Crippen molar-refractivity contribution in [2.24, 2.45) is 5.92 Å². The van der Waals surface area contributed by atoms with Gasteiger partial charge in [-0.3, -0.25) is 0 Å². The molecule has 0 amide bonds. The molecule has 0 spiro atoms. The molecule has 0 saturated heterocycles. The van der Waals surface area contributed by atoms with E-state index in [0.29, 0.717) is 5.92 Å². The Hall–Kier alpha value is -0.340. The number of aliphatic hydroxyl groups is 1. The quantitative estimate of drug-likeness (QED) is 0.846. The third kappa shape index (κ3) is 3.62. The molecule has 84 valence electrons. The molecule has 1 aromatic carbocycles. The van der Waals surface area contributed by atoms with E-state index in [9.17, 15) is 5.11 Å². The van der Waals surface area contributed by atoms with Crippen LogP contribution in [0, 0.1) is 5.92 Å². The lowest BCUT2D eigenvalue weighted by Gasteiger charge is -2.18. The fraction of sp³-hybridized carbons (Fsp3) is 0.538. The van der Waals surface area contributed by atoms with Gasteiger partial charge in [0, 0.05) is 4.47 Å². The minimum atomic E-state index is -0.342. The van der Waals surface area contributed by atoms with E-state index < -0.39 is 0 Å². The van der Waals surface area contributed by atoms with E-state index in [1.54, 1.807) is 0 Å². The van der Waals surface area contributed by atoms with Gasteiger partial charge in [0.1, 0.15) is 0 Å². The van der Waals surface area contributed by atoms with E-state index in [4.69, 9.17) is 0 Å². The van der Waals surface area contributed by atoms with Crippen LogP contribution >= 0.6 is 15.9 Å². The first-order valence-corrected chi connectivity index (χ1v) is 6.40. The van der Waals surface area contributed by atoms with Gasteiger partial charge in [0.2, 0.25) is 0 Å². The van der Waals surface area contributed by atoms with Crippen LogP contribution in [-0.2, 0) is 0 Å². The molecule has 15 heavy (non-hydrogen) atoms. The molecule has 0 bridgehead atoms. The molecule has 0 aromatic heterocycles. The summed E-state index contributed by atoms with van der Waals surface area (Å²) in [5.74, 6) is 0.618. The van der Waals surface area contributed by atoms with Gasteiger partial charge in [0.25, 0.3) is 0 Å². The zero-order valence-electron chi connectivity index (χ0n) is 9.41. The zero-order chi connectivity index (χ0) is 11.3. The third-order valence-corrected chi connectivity index (χ3v) is 3.70. The van der Waals surface area contributed by atoms with Gasteiger partial charge in [-0.2, -0.15) is 0 Å². The SMILES string of the molecule is CCC(CC)CC(O)c1ccccc1Br. The first-order chi connectivity index (χ1) is 7.19. The first kappa shape index (κ1) is 12.7. The van der Waals surface area contributed by atoms with Gasteiger partial charge in [0.15, 0.2) is 0 Å². The maximum absolute atomic E-state index is 10.1. The molecular weight excluding hydrogens is 252 g/mol. The summed E-state index contributed by atoms with van der Waals surface area (Å²) in [6.07, 6.45) is 2.79. The van der Waals surface area contributed by atoms with Crippen molar-refractivity contribution in [3.8, 4) is 0 Å². The summed E-state index contributed by atoms with van der Waals surface area (Å²) < 4.78 is 1.00.